The Bertz CT molecular complexity index is 1810. The third-order valence-corrected chi connectivity index (χ3v) is 6.89. The Hall–Kier alpha value is -1.14. The minimum Gasteiger partial charge on any atom is -0.744 e. The topological polar surface area (TPSA) is 263 Å². The SMILES string of the molecule is O=C([O-])C1=NN(c2ccc(S(=O)(=O)[O-])cc2)C(=O)C1N=Nc1ccc(Nc2nc(Cl)nc(Cl)n2)cc1S(=O)(=O)[O-].[Na+].[Na+].[Na+]. The van der Waals surface area contributed by atoms with Crippen molar-refractivity contribution in [1.82, 2.24) is 15.0 Å². The number of anilines is 3. The summed E-state index contributed by atoms with van der Waals surface area (Å²) in [4.78, 5) is 33.9. The molecule has 0 fully saturated rings. The van der Waals surface area contributed by atoms with Gasteiger partial charge in [-0.05, 0) is 65.7 Å². The standard InChI is InChI=1S/C19H12Cl2N8O9S2.3Na/c20-17-23-18(21)25-19(24-17)22-8-1-6-11(12(7-8)40(36,37)38)26-27-13-14(16(31)32)28-29(15(13)30)9-2-4-10(5-3-9)39(33,34)35;;;/h1-7,13H,(H,31,32)(H,33,34,35)(H,36,37,38)(H,22,23,24,25);;;/q;3*+1/p-3. The number of rotatable bonds is 8. The fourth-order valence-corrected chi connectivity index (χ4v) is 4.61. The number of hydrogen-bond acceptors (Lipinski definition) is 16. The van der Waals surface area contributed by atoms with Crippen LogP contribution >= 0.6 is 23.2 Å². The molecule has 208 valence electrons. The second-order valence-electron chi connectivity index (χ2n) is 7.45. The fourth-order valence-electron chi connectivity index (χ4n) is 3.15. The van der Waals surface area contributed by atoms with Gasteiger partial charge in [-0.25, -0.2) is 16.8 Å². The third-order valence-electron chi connectivity index (χ3n) is 4.84. The molecule has 2 aromatic carbocycles. The number of carboxylic acids is 1. The van der Waals surface area contributed by atoms with Gasteiger partial charge in [-0.2, -0.15) is 35.3 Å². The van der Waals surface area contributed by atoms with Crippen molar-refractivity contribution in [3.05, 3.63) is 53.0 Å². The van der Waals surface area contributed by atoms with Gasteiger partial charge in [0.25, 0.3) is 5.91 Å². The molecule has 0 spiro atoms. The fraction of sp³-hybridized carbons (Fsp3) is 0.0526. The van der Waals surface area contributed by atoms with Crippen molar-refractivity contribution >= 4 is 84.0 Å². The molecule has 1 atom stereocenters. The molecule has 0 saturated carbocycles. The zero-order chi connectivity index (χ0) is 29.4. The van der Waals surface area contributed by atoms with Gasteiger partial charge in [0.05, 0.1) is 21.4 Å². The van der Waals surface area contributed by atoms with Gasteiger partial charge in [0, 0.05) is 5.69 Å². The first-order valence-corrected chi connectivity index (χ1v) is 13.8. The maximum absolute atomic E-state index is 12.9. The van der Waals surface area contributed by atoms with Gasteiger partial charge >= 0.3 is 88.7 Å². The normalized spacial score (nSPS) is 14.8. The van der Waals surface area contributed by atoms with E-state index in [1.807, 2.05) is 0 Å². The Morgan fingerprint density at radius 1 is 0.907 bits per heavy atom. The number of benzene rings is 2. The Morgan fingerprint density at radius 3 is 2.00 bits per heavy atom. The van der Waals surface area contributed by atoms with Gasteiger partial charge in [0.15, 0.2) is 6.04 Å². The minimum absolute atomic E-state index is 0. The maximum Gasteiger partial charge on any atom is 1.00 e. The average molecular weight is 697 g/mol. The molecule has 17 nitrogen and oxygen atoms in total. The summed E-state index contributed by atoms with van der Waals surface area (Å²) in [5, 5.41) is 24.9. The second-order valence-corrected chi connectivity index (χ2v) is 10.9. The van der Waals surface area contributed by atoms with E-state index in [-0.39, 0.29) is 117 Å². The van der Waals surface area contributed by atoms with Crippen molar-refractivity contribution in [2.75, 3.05) is 10.3 Å². The summed E-state index contributed by atoms with van der Waals surface area (Å²) in [6.45, 7) is 0. The zero-order valence-corrected chi connectivity index (χ0v) is 31.1. The molecule has 3 aromatic rings. The van der Waals surface area contributed by atoms with E-state index in [4.69, 9.17) is 23.2 Å². The van der Waals surface area contributed by atoms with E-state index in [0.29, 0.717) is 5.01 Å². The van der Waals surface area contributed by atoms with Crippen LogP contribution in [0.25, 0.3) is 0 Å². The first-order chi connectivity index (χ1) is 18.6. The van der Waals surface area contributed by atoms with E-state index >= 15 is 0 Å². The molecule has 0 aliphatic carbocycles. The van der Waals surface area contributed by atoms with Crippen LogP contribution in [0, 0.1) is 0 Å². The minimum atomic E-state index is -5.20. The summed E-state index contributed by atoms with van der Waals surface area (Å²) in [5.41, 5.74) is -1.66. The van der Waals surface area contributed by atoms with Crippen molar-refractivity contribution in [3.8, 4) is 0 Å². The monoisotopic (exact) mass is 696 g/mol. The number of carbonyl (C=O) groups is 2. The van der Waals surface area contributed by atoms with Crippen LogP contribution < -0.4 is 104 Å². The molecule has 0 bridgehead atoms. The van der Waals surface area contributed by atoms with Gasteiger partial charge in [-0.1, -0.05) is 0 Å². The van der Waals surface area contributed by atoms with E-state index in [1.165, 1.54) is 6.07 Å². The molecule has 2 heterocycles. The molecule has 1 aromatic heterocycles. The molecule has 0 radical (unpaired) electrons. The largest absolute Gasteiger partial charge is 1.00 e. The van der Waals surface area contributed by atoms with Crippen LogP contribution in [0.2, 0.25) is 10.6 Å². The number of nitrogens with one attached hydrogen (secondary N) is 1. The molecular weight excluding hydrogens is 688 g/mol. The summed E-state index contributed by atoms with van der Waals surface area (Å²) < 4.78 is 69.0. The van der Waals surface area contributed by atoms with Gasteiger partial charge in [0.1, 0.15) is 31.6 Å². The summed E-state index contributed by atoms with van der Waals surface area (Å²) in [6, 6.07) is 4.89. The van der Waals surface area contributed by atoms with E-state index < -0.39 is 59.3 Å². The van der Waals surface area contributed by atoms with Crippen LogP contribution in [0.3, 0.4) is 0 Å². The number of carboxylic acid groups (broad SMARTS) is 1. The third kappa shape index (κ3) is 9.92. The summed E-state index contributed by atoms with van der Waals surface area (Å²) >= 11 is 11.4. The number of hydrazone groups is 1. The predicted octanol–water partition coefficient (Wildman–Crippen LogP) is -8.65. The first-order valence-electron chi connectivity index (χ1n) is 10.2. The van der Waals surface area contributed by atoms with Crippen LogP contribution in [0.4, 0.5) is 23.0 Å². The van der Waals surface area contributed by atoms with Crippen molar-refractivity contribution in [2.45, 2.75) is 15.8 Å². The van der Waals surface area contributed by atoms with Crippen molar-refractivity contribution in [1.29, 1.82) is 0 Å². The number of halogens is 2. The van der Waals surface area contributed by atoms with Crippen LogP contribution in [-0.4, -0.2) is 64.5 Å². The van der Waals surface area contributed by atoms with Crippen molar-refractivity contribution in [2.24, 2.45) is 15.3 Å². The number of nitrogens with zero attached hydrogens (tertiary/aromatic N) is 7. The smallest absolute Gasteiger partial charge is 0.744 e. The van der Waals surface area contributed by atoms with Crippen molar-refractivity contribution in [3.63, 3.8) is 0 Å². The number of azo groups is 1. The van der Waals surface area contributed by atoms with Crippen LogP contribution in [0.1, 0.15) is 0 Å². The molecule has 1 N–H and O–H groups in total. The van der Waals surface area contributed by atoms with E-state index in [0.717, 1.165) is 36.4 Å². The molecule has 1 amide bonds. The van der Waals surface area contributed by atoms with E-state index in [2.05, 4.69) is 35.6 Å². The molecule has 1 unspecified atom stereocenters. The predicted molar refractivity (Wildman–Crippen MR) is 130 cm³/mol. The maximum atomic E-state index is 12.9. The molecule has 4 rings (SSSR count). The van der Waals surface area contributed by atoms with Crippen LogP contribution in [-0.2, 0) is 29.8 Å². The Balaban J connectivity index is 0.00000308. The first kappa shape index (κ1) is 39.9. The molecule has 0 saturated heterocycles. The van der Waals surface area contributed by atoms with Crippen LogP contribution in [0.15, 0.2) is 67.6 Å². The number of carbonyl (C=O) groups excluding carboxylic acids is 2. The molecular formula is C19H9Cl2N8Na3O9S2. The Labute approximate surface area is 319 Å². The van der Waals surface area contributed by atoms with Gasteiger partial charge in [0.2, 0.25) is 16.5 Å². The quantitative estimate of drug-likeness (QED) is 0.130. The van der Waals surface area contributed by atoms with E-state index in [9.17, 15) is 40.6 Å². The van der Waals surface area contributed by atoms with Crippen molar-refractivity contribution < 1.29 is 129 Å². The number of aliphatic carboxylic acids is 1. The van der Waals surface area contributed by atoms with Crippen LogP contribution in [0.5, 0.6) is 0 Å². The Kier molecular flexibility index (Phi) is 14.8. The molecule has 24 heteroatoms. The van der Waals surface area contributed by atoms with Gasteiger partial charge < -0.3 is 24.3 Å². The molecule has 1 aliphatic heterocycles. The number of aromatic nitrogens is 3. The number of hydrogen-bond donors (Lipinski definition) is 1. The van der Waals surface area contributed by atoms with Gasteiger partial charge in [-0.15, -0.1) is 0 Å². The average Bonchev–Trinajstić information content (AvgIpc) is 3.18. The summed E-state index contributed by atoms with van der Waals surface area (Å²) in [7, 11) is -10.0. The molecule has 1 aliphatic rings. The summed E-state index contributed by atoms with van der Waals surface area (Å²) in [6.07, 6.45) is 0. The zero-order valence-electron chi connectivity index (χ0n) is 22.0. The Morgan fingerprint density at radius 2 is 1.49 bits per heavy atom. The van der Waals surface area contributed by atoms with Gasteiger partial charge in [-0.3, -0.25) is 4.79 Å². The number of amides is 1. The van der Waals surface area contributed by atoms with E-state index in [1.54, 1.807) is 0 Å². The second kappa shape index (κ2) is 15.9. The molecule has 43 heavy (non-hydrogen) atoms. The summed E-state index contributed by atoms with van der Waals surface area (Å²) in [5.74, 6) is -3.22.